The van der Waals surface area contributed by atoms with E-state index in [0.717, 1.165) is 39.3 Å². The zero-order valence-corrected chi connectivity index (χ0v) is 9.60. The molecule has 0 amide bonds. The molecule has 0 heterocycles. The van der Waals surface area contributed by atoms with Crippen molar-refractivity contribution in [3.8, 4) is 0 Å². The van der Waals surface area contributed by atoms with E-state index in [1.807, 2.05) is 0 Å². The summed E-state index contributed by atoms with van der Waals surface area (Å²) in [5.41, 5.74) is 5.35. The van der Waals surface area contributed by atoms with Crippen LogP contribution >= 0.6 is 0 Å². The minimum atomic E-state index is 0.586. The fraction of sp³-hybridized carbons (Fsp3) is 1.00. The van der Waals surface area contributed by atoms with Crippen molar-refractivity contribution in [1.29, 1.82) is 0 Å². The van der Waals surface area contributed by atoms with E-state index in [4.69, 9.17) is 5.73 Å². The molecule has 0 saturated heterocycles. The molecule has 0 aromatic heterocycles. The second kappa shape index (κ2) is 10.9. The Kier molecular flexibility index (Phi) is 10.8. The molecule has 0 rings (SSSR count). The van der Waals surface area contributed by atoms with E-state index in [1.54, 1.807) is 0 Å². The van der Waals surface area contributed by atoms with Gasteiger partial charge in [0.05, 0.1) is 0 Å². The van der Waals surface area contributed by atoms with Crippen molar-refractivity contribution >= 4 is 0 Å². The molecule has 0 aliphatic carbocycles. The predicted molar refractivity (Wildman–Crippen MR) is 62.5 cm³/mol. The molecule has 86 valence electrons. The maximum Gasteiger partial charge on any atom is 0.00790 e. The number of hydrogen-bond donors (Lipinski definition) is 4. The molecule has 0 fully saturated rings. The van der Waals surface area contributed by atoms with Crippen molar-refractivity contribution in [1.82, 2.24) is 16.0 Å². The molecule has 0 aromatic rings. The van der Waals surface area contributed by atoms with Crippen molar-refractivity contribution in [2.45, 2.75) is 26.3 Å². The van der Waals surface area contributed by atoms with Gasteiger partial charge in [0, 0.05) is 32.2 Å². The molecule has 0 atom stereocenters. The van der Waals surface area contributed by atoms with Crippen LogP contribution in [-0.2, 0) is 0 Å². The first-order valence-electron chi connectivity index (χ1n) is 5.62. The van der Waals surface area contributed by atoms with Crippen LogP contribution in [-0.4, -0.2) is 45.3 Å². The summed E-state index contributed by atoms with van der Waals surface area (Å²) in [4.78, 5) is 0. The fourth-order valence-corrected chi connectivity index (χ4v) is 1.14. The zero-order valence-electron chi connectivity index (χ0n) is 9.60. The lowest BCUT2D eigenvalue weighted by Gasteiger charge is -2.09. The third-order valence-corrected chi connectivity index (χ3v) is 1.88. The molecule has 0 saturated carbocycles. The molecule has 0 aliphatic rings. The summed E-state index contributed by atoms with van der Waals surface area (Å²) in [7, 11) is 0. The lowest BCUT2D eigenvalue weighted by atomic mass is 10.4. The average Bonchev–Trinajstić information content (AvgIpc) is 2.15. The first kappa shape index (κ1) is 13.8. The van der Waals surface area contributed by atoms with Gasteiger partial charge in [0.25, 0.3) is 0 Å². The topological polar surface area (TPSA) is 62.1 Å². The maximum absolute atomic E-state index is 5.35. The van der Waals surface area contributed by atoms with Gasteiger partial charge in [-0.15, -0.1) is 0 Å². The van der Waals surface area contributed by atoms with Crippen LogP contribution in [0.15, 0.2) is 0 Å². The van der Waals surface area contributed by atoms with Crippen LogP contribution in [0.1, 0.15) is 20.3 Å². The van der Waals surface area contributed by atoms with Gasteiger partial charge in [-0.1, -0.05) is 13.8 Å². The maximum atomic E-state index is 5.35. The number of nitrogens with one attached hydrogen (secondary N) is 3. The predicted octanol–water partition coefficient (Wildman–Crippen LogP) is -0.488. The third kappa shape index (κ3) is 11.8. The Bertz CT molecular complexity index is 106. The van der Waals surface area contributed by atoms with E-state index >= 15 is 0 Å². The molecule has 5 N–H and O–H groups in total. The smallest absolute Gasteiger partial charge is 0.00790 e. The normalized spacial score (nSPS) is 11.1. The minimum absolute atomic E-state index is 0.586. The summed E-state index contributed by atoms with van der Waals surface area (Å²) >= 11 is 0. The molecule has 4 heteroatoms. The Morgan fingerprint density at radius 1 is 0.929 bits per heavy atom. The van der Waals surface area contributed by atoms with Gasteiger partial charge in [-0.25, -0.2) is 0 Å². The fourth-order valence-electron chi connectivity index (χ4n) is 1.14. The zero-order chi connectivity index (χ0) is 10.6. The highest BCUT2D eigenvalue weighted by atomic mass is 15.0. The molecule has 0 bridgehead atoms. The summed E-state index contributed by atoms with van der Waals surface area (Å²) in [5.74, 6) is 0. The molecule has 4 nitrogen and oxygen atoms in total. The van der Waals surface area contributed by atoms with Gasteiger partial charge in [-0.2, -0.15) is 0 Å². The molecule has 0 aliphatic heterocycles. The molecular weight excluding hydrogens is 176 g/mol. The van der Waals surface area contributed by atoms with Gasteiger partial charge in [-0.05, 0) is 19.5 Å². The first-order valence-corrected chi connectivity index (χ1v) is 5.62. The van der Waals surface area contributed by atoms with E-state index in [1.165, 1.54) is 6.42 Å². The van der Waals surface area contributed by atoms with E-state index in [-0.39, 0.29) is 0 Å². The lowest BCUT2D eigenvalue weighted by Crippen LogP contribution is -2.33. The molecular formula is C10H26N4. The van der Waals surface area contributed by atoms with E-state index < -0.39 is 0 Å². The summed E-state index contributed by atoms with van der Waals surface area (Å²) in [5, 5.41) is 10.0. The Hall–Kier alpha value is -0.160. The summed E-state index contributed by atoms with van der Waals surface area (Å²) in [6, 6.07) is 0.586. The highest BCUT2D eigenvalue weighted by molar-refractivity contribution is 4.56. The van der Waals surface area contributed by atoms with Crippen LogP contribution in [0.5, 0.6) is 0 Å². The number of hydrogen-bond acceptors (Lipinski definition) is 4. The Labute approximate surface area is 88.0 Å². The standard InChI is InChI=1S/C10H26N4/c1-10(2)14-9-8-13-6-3-5-12-7-4-11/h10,12-14H,3-9,11H2,1-2H3. The first-order chi connectivity index (χ1) is 6.77. The van der Waals surface area contributed by atoms with Crippen LogP contribution in [0.3, 0.4) is 0 Å². The quantitative estimate of drug-likeness (QED) is 0.361. The van der Waals surface area contributed by atoms with Crippen LogP contribution in [0, 0.1) is 0 Å². The van der Waals surface area contributed by atoms with Crippen LogP contribution < -0.4 is 21.7 Å². The number of nitrogens with two attached hydrogens (primary N) is 1. The Morgan fingerprint density at radius 2 is 1.57 bits per heavy atom. The number of rotatable bonds is 10. The van der Waals surface area contributed by atoms with Gasteiger partial charge in [0.15, 0.2) is 0 Å². The van der Waals surface area contributed by atoms with Gasteiger partial charge >= 0.3 is 0 Å². The second-order valence-corrected chi connectivity index (χ2v) is 3.75. The van der Waals surface area contributed by atoms with Crippen molar-refractivity contribution < 1.29 is 0 Å². The highest BCUT2D eigenvalue weighted by Gasteiger charge is 1.91. The van der Waals surface area contributed by atoms with E-state index in [2.05, 4.69) is 29.8 Å². The average molecular weight is 202 g/mol. The van der Waals surface area contributed by atoms with Gasteiger partial charge in [0.1, 0.15) is 0 Å². The molecule has 0 radical (unpaired) electrons. The lowest BCUT2D eigenvalue weighted by molar-refractivity contribution is 0.542. The minimum Gasteiger partial charge on any atom is -0.329 e. The molecule has 14 heavy (non-hydrogen) atoms. The van der Waals surface area contributed by atoms with Gasteiger partial charge in [0.2, 0.25) is 0 Å². The second-order valence-electron chi connectivity index (χ2n) is 3.75. The van der Waals surface area contributed by atoms with Gasteiger partial charge < -0.3 is 21.7 Å². The highest BCUT2D eigenvalue weighted by Crippen LogP contribution is 1.75. The Morgan fingerprint density at radius 3 is 2.14 bits per heavy atom. The van der Waals surface area contributed by atoms with Crippen molar-refractivity contribution in [3.05, 3.63) is 0 Å². The summed E-state index contributed by atoms with van der Waals surface area (Å²) < 4.78 is 0. The summed E-state index contributed by atoms with van der Waals surface area (Å²) in [6.45, 7) is 10.2. The van der Waals surface area contributed by atoms with E-state index in [9.17, 15) is 0 Å². The van der Waals surface area contributed by atoms with Crippen molar-refractivity contribution in [2.24, 2.45) is 5.73 Å². The molecule has 0 aromatic carbocycles. The van der Waals surface area contributed by atoms with Crippen LogP contribution in [0.4, 0.5) is 0 Å². The van der Waals surface area contributed by atoms with Crippen LogP contribution in [0.2, 0.25) is 0 Å². The largest absolute Gasteiger partial charge is 0.329 e. The van der Waals surface area contributed by atoms with Crippen molar-refractivity contribution in [3.63, 3.8) is 0 Å². The molecule has 0 unspecified atom stereocenters. The van der Waals surface area contributed by atoms with Gasteiger partial charge in [-0.3, -0.25) is 0 Å². The van der Waals surface area contributed by atoms with E-state index in [0.29, 0.717) is 6.04 Å². The molecule has 0 spiro atoms. The van der Waals surface area contributed by atoms with Crippen LogP contribution in [0.25, 0.3) is 0 Å². The Balaban J connectivity index is 2.85. The monoisotopic (exact) mass is 202 g/mol. The SMILES string of the molecule is CC(C)NCCNCCCNCCN. The third-order valence-electron chi connectivity index (χ3n) is 1.88. The van der Waals surface area contributed by atoms with Crippen molar-refractivity contribution in [2.75, 3.05) is 39.3 Å². The summed E-state index contributed by atoms with van der Waals surface area (Å²) in [6.07, 6.45) is 1.17.